The summed E-state index contributed by atoms with van der Waals surface area (Å²) in [5.41, 5.74) is 0.0754. The van der Waals surface area contributed by atoms with E-state index in [9.17, 15) is 9.18 Å². The van der Waals surface area contributed by atoms with Gasteiger partial charge in [0.1, 0.15) is 0 Å². The highest BCUT2D eigenvalue weighted by atomic mass is 35.5. The Balaban J connectivity index is 2.66. The first-order valence-electron chi connectivity index (χ1n) is 4.00. The fraction of sp³-hybridized carbons (Fsp3) is 0. The zero-order valence-electron chi connectivity index (χ0n) is 7.30. The van der Waals surface area contributed by atoms with E-state index in [-0.39, 0.29) is 15.7 Å². The number of aromatic nitrogens is 2. The van der Waals surface area contributed by atoms with Gasteiger partial charge in [0.05, 0.1) is 15.7 Å². The van der Waals surface area contributed by atoms with Crippen LogP contribution in [0.25, 0.3) is 5.69 Å². The van der Waals surface area contributed by atoms with Crippen LogP contribution in [0.5, 0.6) is 0 Å². The topological polar surface area (TPSA) is 37.8 Å². The number of nitrogens with zero attached hydrogens (tertiary/aromatic N) is 1. The first kappa shape index (κ1) is 10.3. The van der Waals surface area contributed by atoms with E-state index in [2.05, 4.69) is 4.98 Å². The molecule has 0 aliphatic carbocycles. The zero-order valence-corrected chi connectivity index (χ0v) is 8.81. The summed E-state index contributed by atoms with van der Waals surface area (Å²) in [6, 6.07) is 2.66. The maximum Gasteiger partial charge on any atom is 0.330 e. The minimum Gasteiger partial charge on any atom is -0.312 e. The molecule has 0 bridgehead atoms. The summed E-state index contributed by atoms with van der Waals surface area (Å²) in [6.45, 7) is 0. The summed E-state index contributed by atoms with van der Waals surface area (Å²) >= 11 is 11.2. The molecule has 1 heterocycles. The van der Waals surface area contributed by atoms with Crippen LogP contribution in [0.3, 0.4) is 0 Å². The van der Waals surface area contributed by atoms with Crippen molar-refractivity contribution in [2.24, 2.45) is 0 Å². The van der Waals surface area contributed by atoms with E-state index in [1.165, 1.54) is 29.1 Å². The molecule has 6 heteroatoms. The highest BCUT2D eigenvalue weighted by molar-refractivity contribution is 6.35. The lowest BCUT2D eigenvalue weighted by Gasteiger charge is -2.03. The van der Waals surface area contributed by atoms with Crippen LogP contribution in [0, 0.1) is 5.82 Å². The molecule has 78 valence electrons. The Morgan fingerprint density at radius 3 is 2.33 bits per heavy atom. The molecule has 1 aromatic heterocycles. The van der Waals surface area contributed by atoms with E-state index < -0.39 is 5.82 Å². The van der Waals surface area contributed by atoms with Gasteiger partial charge in [0.25, 0.3) is 0 Å². The number of nitrogens with one attached hydrogen (secondary N) is 1. The molecular weight excluding hydrogens is 242 g/mol. The fourth-order valence-electron chi connectivity index (χ4n) is 1.20. The molecule has 0 aliphatic heterocycles. The lowest BCUT2D eigenvalue weighted by Crippen LogP contribution is -2.14. The number of H-pyrrole nitrogens is 1. The normalized spacial score (nSPS) is 10.6. The van der Waals surface area contributed by atoms with Gasteiger partial charge in [-0.15, -0.1) is 0 Å². The maximum atomic E-state index is 13.1. The van der Waals surface area contributed by atoms with Gasteiger partial charge in [0.2, 0.25) is 0 Å². The molecule has 0 fully saturated rings. The second-order valence-corrected chi connectivity index (χ2v) is 3.67. The van der Waals surface area contributed by atoms with E-state index in [1.54, 1.807) is 0 Å². The van der Waals surface area contributed by atoms with Crippen molar-refractivity contribution in [3.8, 4) is 5.69 Å². The third-order valence-electron chi connectivity index (χ3n) is 1.90. The van der Waals surface area contributed by atoms with Crippen LogP contribution in [0.2, 0.25) is 10.0 Å². The summed E-state index contributed by atoms with van der Waals surface area (Å²) in [6.07, 6.45) is 2.97. The first-order chi connectivity index (χ1) is 7.09. The summed E-state index contributed by atoms with van der Waals surface area (Å²) < 4.78 is 14.4. The van der Waals surface area contributed by atoms with E-state index in [4.69, 9.17) is 23.2 Å². The number of hydrogen-bond donors (Lipinski definition) is 1. The first-order valence-corrected chi connectivity index (χ1v) is 4.76. The van der Waals surface area contributed by atoms with Crippen LogP contribution in [0.4, 0.5) is 4.39 Å². The van der Waals surface area contributed by atoms with Crippen molar-refractivity contribution < 1.29 is 4.39 Å². The molecule has 0 radical (unpaired) electrons. The number of aromatic amines is 1. The van der Waals surface area contributed by atoms with Gasteiger partial charge in [0, 0.05) is 12.4 Å². The largest absolute Gasteiger partial charge is 0.330 e. The van der Waals surface area contributed by atoms with Crippen molar-refractivity contribution >= 4 is 23.2 Å². The van der Waals surface area contributed by atoms with Crippen LogP contribution in [0.15, 0.2) is 29.3 Å². The molecular formula is C9H5Cl2FN2O. The van der Waals surface area contributed by atoms with E-state index in [1.807, 2.05) is 0 Å². The Morgan fingerprint density at radius 2 is 1.87 bits per heavy atom. The van der Waals surface area contributed by atoms with Crippen LogP contribution < -0.4 is 5.69 Å². The quantitative estimate of drug-likeness (QED) is 0.772. The van der Waals surface area contributed by atoms with Crippen molar-refractivity contribution in [1.29, 1.82) is 0 Å². The van der Waals surface area contributed by atoms with Gasteiger partial charge in [-0.3, -0.25) is 4.57 Å². The summed E-state index contributed by atoms with van der Waals surface area (Å²) in [5.74, 6) is -0.689. The Labute approximate surface area is 94.1 Å². The molecule has 3 nitrogen and oxygen atoms in total. The fourth-order valence-corrected chi connectivity index (χ4v) is 1.68. The van der Waals surface area contributed by atoms with Crippen LogP contribution in [-0.4, -0.2) is 9.55 Å². The van der Waals surface area contributed by atoms with Gasteiger partial charge in [-0.2, -0.15) is 0 Å². The Kier molecular flexibility index (Phi) is 2.54. The molecule has 2 aromatic rings. The molecule has 0 atom stereocenters. The Hall–Kier alpha value is -1.26. The van der Waals surface area contributed by atoms with Crippen molar-refractivity contribution in [2.75, 3.05) is 0 Å². The van der Waals surface area contributed by atoms with Crippen molar-refractivity contribution in [3.05, 3.63) is 50.9 Å². The molecule has 0 spiro atoms. The Bertz CT molecular complexity index is 538. The minimum atomic E-state index is -0.689. The van der Waals surface area contributed by atoms with Crippen molar-refractivity contribution in [1.82, 2.24) is 9.55 Å². The second kappa shape index (κ2) is 3.72. The monoisotopic (exact) mass is 246 g/mol. The second-order valence-electron chi connectivity index (χ2n) is 2.86. The molecule has 15 heavy (non-hydrogen) atoms. The van der Waals surface area contributed by atoms with Gasteiger partial charge in [0.15, 0.2) is 5.82 Å². The molecule has 0 aliphatic rings. The lowest BCUT2D eigenvalue weighted by atomic mass is 10.3. The predicted molar refractivity (Wildman–Crippen MR) is 56.4 cm³/mol. The maximum absolute atomic E-state index is 13.1. The number of benzene rings is 1. The SMILES string of the molecule is O=c1[nH]ccn1-c1cc(Cl)c(F)c(Cl)c1. The van der Waals surface area contributed by atoms with Crippen molar-refractivity contribution in [2.45, 2.75) is 0 Å². The molecule has 0 saturated heterocycles. The van der Waals surface area contributed by atoms with Gasteiger partial charge in [-0.1, -0.05) is 23.2 Å². The van der Waals surface area contributed by atoms with Crippen LogP contribution in [0.1, 0.15) is 0 Å². The van der Waals surface area contributed by atoms with Gasteiger partial charge in [-0.25, -0.2) is 9.18 Å². The minimum absolute atomic E-state index is 0.120. The van der Waals surface area contributed by atoms with Crippen LogP contribution >= 0.6 is 23.2 Å². The average molecular weight is 247 g/mol. The van der Waals surface area contributed by atoms with Crippen LogP contribution in [-0.2, 0) is 0 Å². The standard InChI is InChI=1S/C9H5Cl2FN2O/c10-6-3-5(4-7(11)8(6)12)14-2-1-13-9(14)15/h1-4H,(H,13,15). The summed E-state index contributed by atoms with van der Waals surface area (Å²) in [5, 5.41) is -0.240. The Morgan fingerprint density at radius 1 is 1.27 bits per heavy atom. The molecule has 1 aromatic carbocycles. The zero-order chi connectivity index (χ0) is 11.0. The predicted octanol–water partition coefficient (Wildman–Crippen LogP) is 2.61. The smallest absolute Gasteiger partial charge is 0.312 e. The highest BCUT2D eigenvalue weighted by Gasteiger charge is 2.09. The number of imidazole rings is 1. The summed E-state index contributed by atoms with van der Waals surface area (Å²) in [4.78, 5) is 13.7. The average Bonchev–Trinajstić information content (AvgIpc) is 2.60. The molecule has 0 amide bonds. The lowest BCUT2D eigenvalue weighted by molar-refractivity contribution is 0.628. The van der Waals surface area contributed by atoms with E-state index >= 15 is 0 Å². The van der Waals surface area contributed by atoms with E-state index in [0.717, 1.165) is 0 Å². The van der Waals surface area contributed by atoms with Crippen molar-refractivity contribution in [3.63, 3.8) is 0 Å². The number of rotatable bonds is 1. The highest BCUT2D eigenvalue weighted by Crippen LogP contribution is 2.25. The third kappa shape index (κ3) is 1.78. The molecule has 0 saturated carbocycles. The summed E-state index contributed by atoms with van der Waals surface area (Å²) in [7, 11) is 0. The molecule has 2 rings (SSSR count). The number of hydrogen-bond acceptors (Lipinski definition) is 1. The number of halogens is 3. The van der Waals surface area contributed by atoms with Gasteiger partial charge >= 0.3 is 5.69 Å². The van der Waals surface area contributed by atoms with E-state index in [0.29, 0.717) is 5.69 Å². The van der Waals surface area contributed by atoms with Gasteiger partial charge < -0.3 is 4.98 Å². The molecule has 0 unspecified atom stereocenters. The van der Waals surface area contributed by atoms with Gasteiger partial charge in [-0.05, 0) is 12.1 Å². The third-order valence-corrected chi connectivity index (χ3v) is 2.45. The molecule has 1 N–H and O–H groups in total.